The van der Waals surface area contributed by atoms with Crippen LogP contribution in [0.25, 0.3) is 0 Å². The molecule has 1 fully saturated rings. The number of rotatable bonds is 2. The molecule has 8 heteroatoms. The number of hydrogen-bond donors (Lipinski definition) is 2. The van der Waals surface area contributed by atoms with Crippen LogP contribution in [0, 0.1) is 11.6 Å². The van der Waals surface area contributed by atoms with Gasteiger partial charge in [-0.1, -0.05) is 0 Å². The molecule has 1 unspecified atom stereocenters. The number of carboxylic acids is 1. The summed E-state index contributed by atoms with van der Waals surface area (Å²) >= 11 is 0. The number of morpholine rings is 1. The van der Waals surface area contributed by atoms with Crippen LogP contribution in [-0.2, 0) is 9.53 Å². The zero-order valence-electron chi connectivity index (χ0n) is 10.3. The molecule has 1 aromatic rings. The number of carbonyl (C=O) groups excluding carboxylic acids is 1. The van der Waals surface area contributed by atoms with Crippen molar-refractivity contribution in [2.75, 3.05) is 25.0 Å². The quantitative estimate of drug-likeness (QED) is 0.858. The molecule has 1 atom stereocenters. The van der Waals surface area contributed by atoms with Crippen molar-refractivity contribution >= 4 is 17.7 Å². The predicted octanol–water partition coefficient (Wildman–Crippen LogP) is 1.28. The van der Waals surface area contributed by atoms with E-state index in [2.05, 4.69) is 5.32 Å². The van der Waals surface area contributed by atoms with Crippen molar-refractivity contribution in [3.63, 3.8) is 0 Å². The van der Waals surface area contributed by atoms with E-state index in [1.54, 1.807) is 0 Å². The number of carboxylic acid groups (broad SMARTS) is 1. The first-order chi connectivity index (χ1) is 9.47. The zero-order valence-corrected chi connectivity index (χ0v) is 10.3. The minimum Gasteiger partial charge on any atom is -0.479 e. The smallest absolute Gasteiger partial charge is 0.334 e. The standard InChI is InChI=1S/C12H12F2N2O4/c13-7-1-2-8(14)9(5-7)15-12(19)16-3-4-20-10(6-16)11(17)18/h1-2,5,10H,3-4,6H2,(H,15,19)(H,17,18). The number of amides is 2. The Kier molecular flexibility index (Phi) is 4.14. The van der Waals surface area contributed by atoms with Crippen LogP contribution >= 0.6 is 0 Å². The van der Waals surface area contributed by atoms with Crippen LogP contribution in [0.4, 0.5) is 19.3 Å². The van der Waals surface area contributed by atoms with Crippen molar-refractivity contribution in [3.8, 4) is 0 Å². The largest absolute Gasteiger partial charge is 0.479 e. The Hall–Kier alpha value is -2.22. The lowest BCUT2D eigenvalue weighted by Crippen LogP contribution is -2.50. The maximum atomic E-state index is 13.4. The van der Waals surface area contributed by atoms with Gasteiger partial charge >= 0.3 is 12.0 Å². The van der Waals surface area contributed by atoms with Gasteiger partial charge in [-0.05, 0) is 12.1 Å². The van der Waals surface area contributed by atoms with Crippen LogP contribution in [0.5, 0.6) is 0 Å². The van der Waals surface area contributed by atoms with Gasteiger partial charge in [0.05, 0.1) is 18.8 Å². The molecule has 6 nitrogen and oxygen atoms in total. The molecule has 1 aromatic carbocycles. The first-order valence-electron chi connectivity index (χ1n) is 5.83. The van der Waals surface area contributed by atoms with Crippen molar-refractivity contribution in [1.82, 2.24) is 4.90 Å². The van der Waals surface area contributed by atoms with Crippen LogP contribution < -0.4 is 5.32 Å². The van der Waals surface area contributed by atoms with Gasteiger partial charge in [0.2, 0.25) is 0 Å². The lowest BCUT2D eigenvalue weighted by atomic mass is 10.2. The van der Waals surface area contributed by atoms with E-state index in [0.717, 1.165) is 18.2 Å². The van der Waals surface area contributed by atoms with Crippen LogP contribution in [0.2, 0.25) is 0 Å². The number of anilines is 1. The first-order valence-corrected chi connectivity index (χ1v) is 5.83. The highest BCUT2D eigenvalue weighted by Gasteiger charge is 2.29. The van der Waals surface area contributed by atoms with Crippen molar-refractivity contribution in [1.29, 1.82) is 0 Å². The molecule has 2 rings (SSSR count). The third kappa shape index (κ3) is 3.21. The molecule has 1 aliphatic rings. The molecule has 0 radical (unpaired) electrons. The van der Waals surface area contributed by atoms with E-state index in [9.17, 15) is 18.4 Å². The van der Waals surface area contributed by atoms with E-state index in [-0.39, 0.29) is 25.4 Å². The highest BCUT2D eigenvalue weighted by Crippen LogP contribution is 2.16. The minimum atomic E-state index is -1.18. The van der Waals surface area contributed by atoms with E-state index in [1.165, 1.54) is 4.90 Å². The fourth-order valence-corrected chi connectivity index (χ4v) is 1.77. The van der Waals surface area contributed by atoms with Gasteiger partial charge in [0, 0.05) is 12.6 Å². The fourth-order valence-electron chi connectivity index (χ4n) is 1.77. The maximum absolute atomic E-state index is 13.4. The van der Waals surface area contributed by atoms with Gasteiger partial charge in [-0.25, -0.2) is 18.4 Å². The second-order valence-electron chi connectivity index (χ2n) is 4.20. The van der Waals surface area contributed by atoms with Gasteiger partial charge in [0.25, 0.3) is 0 Å². The van der Waals surface area contributed by atoms with Crippen molar-refractivity contribution in [2.45, 2.75) is 6.10 Å². The molecule has 1 saturated heterocycles. The summed E-state index contributed by atoms with van der Waals surface area (Å²) in [6, 6.07) is 1.97. The second kappa shape index (κ2) is 5.83. The SMILES string of the molecule is O=C(O)C1CN(C(=O)Nc2cc(F)ccc2F)CCO1. The molecule has 2 N–H and O–H groups in total. The Morgan fingerprint density at radius 3 is 2.85 bits per heavy atom. The summed E-state index contributed by atoms with van der Waals surface area (Å²) in [6.45, 7) is 0.0840. The Labute approximate surface area is 112 Å². The van der Waals surface area contributed by atoms with E-state index in [0.29, 0.717) is 0 Å². The van der Waals surface area contributed by atoms with E-state index in [1.807, 2.05) is 0 Å². The maximum Gasteiger partial charge on any atom is 0.334 e. The van der Waals surface area contributed by atoms with Gasteiger partial charge in [0.15, 0.2) is 6.10 Å². The number of nitrogens with zero attached hydrogens (tertiary/aromatic N) is 1. The van der Waals surface area contributed by atoms with E-state index >= 15 is 0 Å². The predicted molar refractivity (Wildman–Crippen MR) is 64.3 cm³/mol. The number of nitrogens with one attached hydrogen (secondary N) is 1. The third-order valence-electron chi connectivity index (χ3n) is 2.80. The van der Waals surface area contributed by atoms with Gasteiger partial charge < -0.3 is 20.1 Å². The molecule has 1 heterocycles. The van der Waals surface area contributed by atoms with Gasteiger partial charge in [-0.3, -0.25) is 0 Å². The van der Waals surface area contributed by atoms with Gasteiger partial charge in [-0.2, -0.15) is 0 Å². The van der Waals surface area contributed by atoms with Gasteiger partial charge in [-0.15, -0.1) is 0 Å². The zero-order chi connectivity index (χ0) is 14.7. The Balaban J connectivity index is 2.04. The summed E-state index contributed by atoms with van der Waals surface area (Å²) in [4.78, 5) is 23.8. The summed E-state index contributed by atoms with van der Waals surface area (Å²) in [5.41, 5.74) is -0.298. The summed E-state index contributed by atoms with van der Waals surface area (Å²) < 4.78 is 31.3. The molecule has 0 bridgehead atoms. The first kappa shape index (κ1) is 14.2. The molecule has 0 spiro atoms. The number of aliphatic carboxylic acids is 1. The van der Waals surface area contributed by atoms with Crippen LogP contribution in [0.3, 0.4) is 0 Å². The normalized spacial score (nSPS) is 18.7. The molecule has 0 saturated carbocycles. The Morgan fingerprint density at radius 1 is 1.40 bits per heavy atom. The molecule has 0 aliphatic carbocycles. The molecule has 108 valence electrons. The second-order valence-corrected chi connectivity index (χ2v) is 4.20. The summed E-state index contributed by atoms with van der Waals surface area (Å²) in [5.74, 6) is -2.64. The fraction of sp³-hybridized carbons (Fsp3) is 0.333. The van der Waals surface area contributed by atoms with Crippen molar-refractivity contribution in [2.24, 2.45) is 0 Å². The average Bonchev–Trinajstić information content (AvgIpc) is 2.43. The molecule has 1 aliphatic heterocycles. The minimum absolute atomic E-state index is 0.0655. The lowest BCUT2D eigenvalue weighted by Gasteiger charge is -2.30. The van der Waals surface area contributed by atoms with Gasteiger partial charge in [0.1, 0.15) is 11.6 Å². The van der Waals surface area contributed by atoms with Crippen molar-refractivity contribution in [3.05, 3.63) is 29.8 Å². The Bertz CT molecular complexity index is 538. The van der Waals surface area contributed by atoms with Crippen molar-refractivity contribution < 1.29 is 28.2 Å². The topological polar surface area (TPSA) is 78.9 Å². The monoisotopic (exact) mass is 286 g/mol. The molecular weight excluding hydrogens is 274 g/mol. The molecule has 0 aromatic heterocycles. The number of hydrogen-bond acceptors (Lipinski definition) is 3. The molecule has 2 amide bonds. The summed E-state index contributed by atoms with van der Waals surface area (Å²) in [5, 5.41) is 11.0. The highest BCUT2D eigenvalue weighted by molar-refractivity contribution is 5.90. The number of urea groups is 1. The lowest BCUT2D eigenvalue weighted by molar-refractivity contribution is -0.154. The molecular formula is C12H12F2N2O4. The number of benzene rings is 1. The number of halogens is 2. The summed E-state index contributed by atoms with van der Waals surface area (Å²) in [7, 11) is 0. The third-order valence-corrected chi connectivity index (χ3v) is 2.80. The van der Waals surface area contributed by atoms with E-state index in [4.69, 9.17) is 9.84 Å². The molecule has 20 heavy (non-hydrogen) atoms. The van der Waals surface area contributed by atoms with Crippen LogP contribution in [0.1, 0.15) is 0 Å². The van der Waals surface area contributed by atoms with Crippen LogP contribution in [0.15, 0.2) is 18.2 Å². The number of ether oxygens (including phenoxy) is 1. The number of carbonyl (C=O) groups is 2. The highest BCUT2D eigenvalue weighted by atomic mass is 19.1. The Morgan fingerprint density at radius 2 is 2.15 bits per heavy atom. The summed E-state index contributed by atoms with van der Waals surface area (Å²) in [6.07, 6.45) is -1.12. The van der Waals surface area contributed by atoms with Crippen LogP contribution in [-0.4, -0.2) is 47.8 Å². The average molecular weight is 286 g/mol. The van der Waals surface area contributed by atoms with E-state index < -0.39 is 29.7 Å².